The first-order valence-electron chi connectivity index (χ1n) is 9.96. The Morgan fingerprint density at radius 2 is 1.88 bits per heavy atom. The molecule has 0 aromatic carbocycles. The molecule has 0 aliphatic carbocycles. The van der Waals surface area contributed by atoms with Gasteiger partial charge in [0.1, 0.15) is 0 Å². The van der Waals surface area contributed by atoms with Crippen LogP contribution in [0.1, 0.15) is 52.9 Å². The Hall–Kier alpha value is -1.30. The lowest BCUT2D eigenvalue weighted by Gasteiger charge is -2.37. The quantitative estimate of drug-likeness (QED) is 0.610. The Morgan fingerprint density at radius 1 is 1.16 bits per heavy atom. The zero-order valence-corrected chi connectivity index (χ0v) is 16.2. The van der Waals surface area contributed by atoms with Crippen molar-refractivity contribution in [1.29, 1.82) is 0 Å². The molecule has 1 atom stereocenters. The second-order valence-electron chi connectivity index (χ2n) is 7.74. The van der Waals surface area contributed by atoms with E-state index in [2.05, 4.69) is 23.7 Å². The molecule has 6 heteroatoms. The van der Waals surface area contributed by atoms with Gasteiger partial charge in [0.25, 0.3) is 0 Å². The van der Waals surface area contributed by atoms with Crippen molar-refractivity contribution in [2.24, 2.45) is 22.6 Å². The molecule has 2 fully saturated rings. The van der Waals surface area contributed by atoms with Crippen molar-refractivity contribution in [3.8, 4) is 0 Å². The van der Waals surface area contributed by atoms with Gasteiger partial charge < -0.3 is 20.3 Å². The van der Waals surface area contributed by atoms with Crippen molar-refractivity contribution in [2.75, 3.05) is 39.3 Å². The molecule has 0 spiro atoms. The van der Waals surface area contributed by atoms with Crippen molar-refractivity contribution in [3.05, 3.63) is 0 Å². The van der Waals surface area contributed by atoms with Crippen LogP contribution in [-0.2, 0) is 4.74 Å². The third-order valence-corrected chi connectivity index (χ3v) is 5.33. The van der Waals surface area contributed by atoms with Crippen LogP contribution in [0.5, 0.6) is 0 Å². The molecule has 1 unspecified atom stereocenters. The molecule has 0 aromatic heterocycles. The highest BCUT2D eigenvalue weighted by atomic mass is 16.6. The lowest BCUT2D eigenvalue weighted by atomic mass is 9.93. The normalized spacial score (nSPS) is 24.4. The van der Waals surface area contributed by atoms with E-state index in [-0.39, 0.29) is 6.09 Å². The minimum atomic E-state index is -0.156. The van der Waals surface area contributed by atoms with Crippen LogP contribution in [0.15, 0.2) is 4.99 Å². The summed E-state index contributed by atoms with van der Waals surface area (Å²) in [6.07, 6.45) is 5.31. The lowest BCUT2D eigenvalue weighted by molar-refractivity contribution is 0.105. The highest BCUT2D eigenvalue weighted by Crippen LogP contribution is 2.24. The Bertz CT molecular complexity index is 445. The zero-order valence-electron chi connectivity index (χ0n) is 16.2. The Balaban J connectivity index is 1.79. The maximum atomic E-state index is 11.9. The minimum Gasteiger partial charge on any atom is -0.450 e. The molecular weight excluding hydrogens is 316 g/mol. The summed E-state index contributed by atoms with van der Waals surface area (Å²) >= 11 is 0. The summed E-state index contributed by atoms with van der Waals surface area (Å²) in [4.78, 5) is 21.0. The molecular formula is C19H36N4O2. The lowest BCUT2D eigenvalue weighted by Crippen LogP contribution is -2.44. The van der Waals surface area contributed by atoms with E-state index in [1.54, 1.807) is 0 Å². The monoisotopic (exact) mass is 352 g/mol. The van der Waals surface area contributed by atoms with Gasteiger partial charge in [0.15, 0.2) is 0 Å². The summed E-state index contributed by atoms with van der Waals surface area (Å²) in [7, 11) is 0. The Morgan fingerprint density at radius 3 is 2.52 bits per heavy atom. The molecule has 2 rings (SSSR count). The molecule has 2 saturated heterocycles. The van der Waals surface area contributed by atoms with E-state index in [1.165, 1.54) is 0 Å². The molecule has 0 aromatic rings. The fourth-order valence-electron chi connectivity index (χ4n) is 3.82. The molecule has 2 aliphatic heterocycles. The van der Waals surface area contributed by atoms with Crippen LogP contribution in [0.2, 0.25) is 0 Å². The molecule has 144 valence electrons. The summed E-state index contributed by atoms with van der Waals surface area (Å²) in [5, 5.41) is 0. The number of carbonyl (C=O) groups is 1. The summed E-state index contributed by atoms with van der Waals surface area (Å²) in [5.41, 5.74) is 6.20. The number of hydrogen-bond donors (Lipinski definition) is 1. The van der Waals surface area contributed by atoms with Crippen LogP contribution < -0.4 is 5.73 Å². The van der Waals surface area contributed by atoms with Crippen LogP contribution in [-0.4, -0.2) is 67.1 Å². The van der Waals surface area contributed by atoms with Gasteiger partial charge in [-0.05, 0) is 58.0 Å². The number of rotatable bonds is 5. The highest BCUT2D eigenvalue weighted by Gasteiger charge is 2.29. The predicted molar refractivity (Wildman–Crippen MR) is 102 cm³/mol. The standard InChI is InChI=1S/C19H36N4O2/c1-4-25-19(24)23-10-5-6-17(9-13-23)22-11-7-16(8-12-22)18(20)21-14-15(2)3/h15-17H,4-14H2,1-3H3,(H2,20,21). The first-order chi connectivity index (χ1) is 12.0. The fraction of sp³-hybridized carbons (Fsp3) is 0.895. The molecule has 25 heavy (non-hydrogen) atoms. The number of amidine groups is 1. The molecule has 2 heterocycles. The number of likely N-dealkylation sites (tertiary alicyclic amines) is 2. The van der Waals surface area contributed by atoms with E-state index < -0.39 is 0 Å². The van der Waals surface area contributed by atoms with Crippen molar-refractivity contribution >= 4 is 11.9 Å². The first-order valence-corrected chi connectivity index (χ1v) is 9.96. The summed E-state index contributed by atoms with van der Waals surface area (Å²) in [6, 6.07) is 0.578. The molecule has 2 aliphatic rings. The molecule has 6 nitrogen and oxygen atoms in total. The average Bonchev–Trinajstić information content (AvgIpc) is 2.86. The van der Waals surface area contributed by atoms with Gasteiger partial charge in [-0.1, -0.05) is 13.8 Å². The molecule has 0 radical (unpaired) electrons. The van der Waals surface area contributed by atoms with E-state index in [9.17, 15) is 4.79 Å². The number of amides is 1. The van der Waals surface area contributed by atoms with Crippen molar-refractivity contribution in [2.45, 2.75) is 58.9 Å². The number of ether oxygens (including phenoxy) is 1. The van der Waals surface area contributed by atoms with E-state index in [0.29, 0.717) is 24.5 Å². The Kier molecular flexibility index (Phi) is 8.00. The van der Waals surface area contributed by atoms with Gasteiger partial charge in [0.2, 0.25) is 0 Å². The number of aliphatic imine (C=N–C) groups is 1. The van der Waals surface area contributed by atoms with Crippen LogP contribution in [0.25, 0.3) is 0 Å². The van der Waals surface area contributed by atoms with Crippen molar-refractivity contribution in [1.82, 2.24) is 9.80 Å². The molecule has 2 N–H and O–H groups in total. The smallest absolute Gasteiger partial charge is 0.409 e. The van der Waals surface area contributed by atoms with Gasteiger partial charge in [-0.3, -0.25) is 4.99 Å². The number of carbonyl (C=O) groups excluding carboxylic acids is 1. The van der Waals surface area contributed by atoms with E-state index in [1.807, 2.05) is 11.8 Å². The molecule has 0 bridgehead atoms. The third kappa shape index (κ3) is 6.17. The van der Waals surface area contributed by atoms with Gasteiger partial charge in [-0.2, -0.15) is 0 Å². The van der Waals surface area contributed by atoms with Gasteiger partial charge in [0.05, 0.1) is 12.4 Å². The van der Waals surface area contributed by atoms with Gasteiger partial charge in [-0.25, -0.2) is 4.79 Å². The minimum absolute atomic E-state index is 0.156. The van der Waals surface area contributed by atoms with E-state index in [0.717, 1.165) is 70.7 Å². The number of piperidine rings is 1. The third-order valence-electron chi connectivity index (χ3n) is 5.33. The van der Waals surface area contributed by atoms with Gasteiger partial charge >= 0.3 is 6.09 Å². The molecule has 0 saturated carbocycles. The largest absolute Gasteiger partial charge is 0.450 e. The maximum absolute atomic E-state index is 11.9. The van der Waals surface area contributed by atoms with E-state index >= 15 is 0 Å². The maximum Gasteiger partial charge on any atom is 0.409 e. The first kappa shape index (κ1) is 20.0. The molecule has 1 amide bonds. The second-order valence-corrected chi connectivity index (χ2v) is 7.74. The number of nitrogens with two attached hydrogens (primary N) is 1. The van der Waals surface area contributed by atoms with Crippen LogP contribution in [0.3, 0.4) is 0 Å². The summed E-state index contributed by atoms with van der Waals surface area (Å²) < 4.78 is 5.14. The SMILES string of the molecule is CCOC(=O)N1CCCC(N2CCC(C(N)=NCC(C)C)CC2)CC1. The summed E-state index contributed by atoms with van der Waals surface area (Å²) in [5.74, 6) is 1.85. The van der Waals surface area contributed by atoms with Crippen LogP contribution in [0, 0.1) is 11.8 Å². The predicted octanol–water partition coefficient (Wildman–Crippen LogP) is 2.72. The average molecular weight is 353 g/mol. The van der Waals surface area contributed by atoms with Crippen molar-refractivity contribution in [3.63, 3.8) is 0 Å². The van der Waals surface area contributed by atoms with Crippen LogP contribution in [0.4, 0.5) is 4.79 Å². The summed E-state index contributed by atoms with van der Waals surface area (Å²) in [6.45, 7) is 11.3. The Labute approximate surface area is 152 Å². The highest BCUT2D eigenvalue weighted by molar-refractivity contribution is 5.82. The van der Waals surface area contributed by atoms with E-state index in [4.69, 9.17) is 10.5 Å². The van der Waals surface area contributed by atoms with Gasteiger partial charge in [0, 0.05) is 31.6 Å². The zero-order chi connectivity index (χ0) is 18.2. The van der Waals surface area contributed by atoms with Gasteiger partial charge in [-0.15, -0.1) is 0 Å². The second kappa shape index (κ2) is 10.00. The number of hydrogen-bond acceptors (Lipinski definition) is 4. The topological polar surface area (TPSA) is 71.2 Å². The van der Waals surface area contributed by atoms with Crippen molar-refractivity contribution < 1.29 is 9.53 Å². The fourth-order valence-corrected chi connectivity index (χ4v) is 3.82. The number of nitrogens with zero attached hydrogens (tertiary/aromatic N) is 3. The van der Waals surface area contributed by atoms with Crippen LogP contribution >= 0.6 is 0 Å².